The Kier molecular flexibility index (Phi) is 5.57. The molecule has 10 aromatic rings. The lowest BCUT2D eigenvalue weighted by molar-refractivity contribution is 0.996. The number of aromatic nitrogens is 3. The van der Waals surface area contributed by atoms with Gasteiger partial charge in [-0.05, 0) is 67.4 Å². The minimum atomic E-state index is 0.659. The molecule has 0 aliphatic rings. The molecule has 3 heteroatoms. The van der Waals surface area contributed by atoms with Crippen LogP contribution in [-0.2, 0) is 0 Å². The van der Waals surface area contributed by atoms with Gasteiger partial charge >= 0.3 is 0 Å². The summed E-state index contributed by atoms with van der Waals surface area (Å²) in [4.78, 5) is 10.7. The van der Waals surface area contributed by atoms with Crippen LogP contribution in [0.2, 0.25) is 0 Å². The Morgan fingerprint density at radius 3 is 1.43 bits per heavy atom. The van der Waals surface area contributed by atoms with Gasteiger partial charge in [-0.15, -0.1) is 0 Å². The van der Waals surface area contributed by atoms with Gasteiger partial charge < -0.3 is 0 Å². The molecule has 0 spiro atoms. The molecule has 0 saturated heterocycles. The van der Waals surface area contributed by atoms with Crippen molar-refractivity contribution in [1.82, 2.24) is 14.5 Å². The van der Waals surface area contributed by atoms with Crippen LogP contribution in [0.3, 0.4) is 0 Å². The van der Waals surface area contributed by atoms with Crippen LogP contribution in [0.5, 0.6) is 0 Å². The number of rotatable bonds is 3. The van der Waals surface area contributed by atoms with Gasteiger partial charge in [0.1, 0.15) is 0 Å². The first kappa shape index (κ1) is 26.0. The molecule has 0 aliphatic heterocycles. The Balaban J connectivity index is 1.36. The Morgan fingerprint density at radius 1 is 0.340 bits per heavy atom. The highest BCUT2D eigenvalue weighted by molar-refractivity contribution is 6.33. The summed E-state index contributed by atoms with van der Waals surface area (Å²) in [7, 11) is 0. The van der Waals surface area contributed by atoms with Crippen molar-refractivity contribution in [3.05, 3.63) is 164 Å². The van der Waals surface area contributed by atoms with Crippen molar-refractivity contribution in [2.75, 3.05) is 0 Å². The third kappa shape index (κ3) is 3.87. The van der Waals surface area contributed by atoms with Gasteiger partial charge in [0.05, 0.1) is 22.4 Å². The Morgan fingerprint density at radius 2 is 0.787 bits per heavy atom. The van der Waals surface area contributed by atoms with Crippen molar-refractivity contribution in [3.8, 4) is 28.5 Å². The molecule has 0 N–H and O–H groups in total. The topological polar surface area (TPSA) is 30.7 Å². The summed E-state index contributed by atoms with van der Waals surface area (Å²) in [6, 6.07) is 58.4. The number of benzene rings is 8. The monoisotopic (exact) mass is 597 g/mol. The Hall–Kier alpha value is -6.32. The zero-order valence-corrected chi connectivity index (χ0v) is 25.4. The molecule has 47 heavy (non-hydrogen) atoms. The largest absolute Gasteiger partial charge is 0.278 e. The molecule has 2 heterocycles. The molecule has 3 nitrogen and oxygen atoms in total. The van der Waals surface area contributed by atoms with Gasteiger partial charge in [0, 0.05) is 21.9 Å². The van der Waals surface area contributed by atoms with Crippen molar-refractivity contribution < 1.29 is 0 Å². The SMILES string of the molecule is c1ccc(-c2cc(-c3cc4c5ccccc5c5ccccc5c4c4ccccc34)nc(-n3c4ccccc4c4ccccc43)n2)cc1. The minimum absolute atomic E-state index is 0.659. The molecule has 0 unspecified atom stereocenters. The highest BCUT2D eigenvalue weighted by atomic mass is 15.2. The zero-order chi connectivity index (χ0) is 30.9. The smallest absolute Gasteiger partial charge is 0.235 e. The van der Waals surface area contributed by atoms with Crippen molar-refractivity contribution in [3.63, 3.8) is 0 Å². The third-order valence-corrected chi connectivity index (χ3v) is 9.59. The zero-order valence-electron chi connectivity index (χ0n) is 25.4. The minimum Gasteiger partial charge on any atom is -0.278 e. The summed E-state index contributed by atoms with van der Waals surface area (Å²) in [5.74, 6) is 0.659. The molecule has 218 valence electrons. The standard InChI is InChI=1S/C44H27N3/c1-2-14-28(15-3-1)39-27-40(46-44(45-39)47-41-24-12-10-20-33(41)34-21-11-13-25-42(34)47)37-26-38-31-18-5-4-16-29(31)30-17-6-8-22-35(30)43(38)36-23-9-7-19-32(36)37/h1-27H. The first-order chi connectivity index (χ1) is 23.3. The first-order valence-corrected chi connectivity index (χ1v) is 16.0. The van der Waals surface area contributed by atoms with E-state index in [9.17, 15) is 0 Å². The number of fused-ring (bicyclic) bond motifs is 11. The van der Waals surface area contributed by atoms with Crippen LogP contribution in [-0.4, -0.2) is 14.5 Å². The Bertz CT molecular complexity index is 2790. The van der Waals surface area contributed by atoms with E-state index in [1.807, 2.05) is 6.07 Å². The molecular weight excluding hydrogens is 571 g/mol. The van der Waals surface area contributed by atoms with Crippen LogP contribution in [0.4, 0.5) is 0 Å². The van der Waals surface area contributed by atoms with Gasteiger partial charge in [-0.25, -0.2) is 9.97 Å². The second-order valence-electron chi connectivity index (χ2n) is 12.2. The molecule has 0 radical (unpaired) electrons. The molecule has 2 aromatic heterocycles. The normalized spacial score (nSPS) is 11.8. The third-order valence-electron chi connectivity index (χ3n) is 9.59. The summed E-state index contributed by atoms with van der Waals surface area (Å²) in [6.45, 7) is 0. The molecule has 0 saturated carbocycles. The van der Waals surface area contributed by atoms with E-state index in [2.05, 4.69) is 162 Å². The summed E-state index contributed by atoms with van der Waals surface area (Å²) in [5.41, 5.74) is 6.11. The first-order valence-electron chi connectivity index (χ1n) is 16.0. The quantitative estimate of drug-likeness (QED) is 0.190. The van der Waals surface area contributed by atoms with E-state index in [-0.39, 0.29) is 0 Å². The van der Waals surface area contributed by atoms with E-state index in [4.69, 9.17) is 9.97 Å². The fraction of sp³-hybridized carbons (Fsp3) is 0. The van der Waals surface area contributed by atoms with Gasteiger partial charge in [0.2, 0.25) is 5.95 Å². The van der Waals surface area contributed by atoms with Gasteiger partial charge in [-0.2, -0.15) is 0 Å². The van der Waals surface area contributed by atoms with E-state index in [1.54, 1.807) is 0 Å². The number of nitrogens with zero attached hydrogens (tertiary/aromatic N) is 3. The van der Waals surface area contributed by atoms with Crippen molar-refractivity contribution in [2.24, 2.45) is 0 Å². The van der Waals surface area contributed by atoms with E-state index in [0.717, 1.165) is 33.5 Å². The predicted octanol–water partition coefficient (Wildman–Crippen LogP) is 11.5. The molecule has 8 aromatic carbocycles. The maximum absolute atomic E-state index is 5.42. The fourth-order valence-electron chi connectivity index (χ4n) is 7.55. The second kappa shape index (κ2) is 10.1. The molecule has 10 rings (SSSR count). The predicted molar refractivity (Wildman–Crippen MR) is 197 cm³/mol. The Labute approximate surface area is 271 Å². The molecule has 0 amide bonds. The summed E-state index contributed by atoms with van der Waals surface area (Å²) >= 11 is 0. The van der Waals surface area contributed by atoms with Crippen LogP contribution in [0.15, 0.2) is 164 Å². The molecular formula is C44H27N3. The van der Waals surface area contributed by atoms with Crippen LogP contribution in [0.1, 0.15) is 0 Å². The number of para-hydroxylation sites is 2. The second-order valence-corrected chi connectivity index (χ2v) is 12.2. The van der Waals surface area contributed by atoms with Gasteiger partial charge in [0.25, 0.3) is 0 Å². The molecule has 0 bridgehead atoms. The molecule has 0 aliphatic carbocycles. The summed E-state index contributed by atoms with van der Waals surface area (Å²) in [5, 5.41) is 12.3. The summed E-state index contributed by atoms with van der Waals surface area (Å²) in [6.07, 6.45) is 0. The fourth-order valence-corrected chi connectivity index (χ4v) is 7.55. The average Bonchev–Trinajstić information content (AvgIpc) is 3.49. The van der Waals surface area contributed by atoms with E-state index in [0.29, 0.717) is 5.95 Å². The maximum atomic E-state index is 5.42. The van der Waals surface area contributed by atoms with E-state index < -0.39 is 0 Å². The highest BCUT2D eigenvalue weighted by Crippen LogP contribution is 2.43. The van der Waals surface area contributed by atoms with Gasteiger partial charge in [0.15, 0.2) is 0 Å². The van der Waals surface area contributed by atoms with Crippen molar-refractivity contribution in [2.45, 2.75) is 0 Å². The van der Waals surface area contributed by atoms with E-state index >= 15 is 0 Å². The van der Waals surface area contributed by atoms with Gasteiger partial charge in [-0.3, -0.25) is 4.57 Å². The maximum Gasteiger partial charge on any atom is 0.235 e. The van der Waals surface area contributed by atoms with Crippen LogP contribution < -0.4 is 0 Å². The van der Waals surface area contributed by atoms with Crippen LogP contribution in [0.25, 0.3) is 93.4 Å². The van der Waals surface area contributed by atoms with Crippen molar-refractivity contribution >= 4 is 64.9 Å². The summed E-state index contributed by atoms with van der Waals surface area (Å²) < 4.78 is 2.22. The lowest BCUT2D eigenvalue weighted by Crippen LogP contribution is -2.04. The molecule has 0 fully saturated rings. The average molecular weight is 598 g/mol. The van der Waals surface area contributed by atoms with E-state index in [1.165, 1.54) is 53.9 Å². The lowest BCUT2D eigenvalue weighted by atomic mass is 9.88. The van der Waals surface area contributed by atoms with Crippen LogP contribution in [0, 0.1) is 0 Å². The van der Waals surface area contributed by atoms with Crippen molar-refractivity contribution in [1.29, 1.82) is 0 Å². The number of hydrogen-bond acceptors (Lipinski definition) is 2. The molecule has 0 atom stereocenters. The highest BCUT2D eigenvalue weighted by Gasteiger charge is 2.19. The lowest BCUT2D eigenvalue weighted by Gasteiger charge is -2.17. The van der Waals surface area contributed by atoms with Crippen LogP contribution >= 0.6 is 0 Å². The number of hydrogen-bond donors (Lipinski definition) is 0. The van der Waals surface area contributed by atoms with Gasteiger partial charge in [-0.1, -0.05) is 140 Å².